The average Bonchev–Trinajstić information content (AvgIpc) is 3.53. The zero-order valence-electron chi connectivity index (χ0n) is 19.8. The Labute approximate surface area is 234 Å². The molecule has 2 amide bonds. The number of para-hydroxylation sites is 1. The van der Waals surface area contributed by atoms with Gasteiger partial charge in [0.2, 0.25) is 11.0 Å². The highest BCUT2D eigenvalue weighted by molar-refractivity contribution is 9.10. The van der Waals surface area contributed by atoms with Crippen molar-refractivity contribution in [3.05, 3.63) is 64.4 Å². The summed E-state index contributed by atoms with van der Waals surface area (Å²) in [5.74, 6) is 1.44. The van der Waals surface area contributed by atoms with Crippen molar-refractivity contribution < 1.29 is 14.3 Å². The molecule has 0 aliphatic heterocycles. The van der Waals surface area contributed by atoms with Crippen LogP contribution in [0, 0.1) is 0 Å². The van der Waals surface area contributed by atoms with E-state index >= 15 is 0 Å². The molecule has 0 radical (unpaired) electrons. The third-order valence-corrected chi connectivity index (χ3v) is 8.11. The topological polar surface area (TPSA) is 124 Å². The molecule has 2 aromatic heterocycles. The lowest BCUT2D eigenvalue weighted by Crippen LogP contribution is -2.25. The molecule has 0 aliphatic carbocycles. The van der Waals surface area contributed by atoms with Crippen molar-refractivity contribution in [2.45, 2.75) is 23.0 Å². The molecule has 2 aromatic carbocycles. The van der Waals surface area contributed by atoms with Crippen LogP contribution in [-0.4, -0.2) is 55.4 Å². The lowest BCUT2D eigenvalue weighted by molar-refractivity contribution is -0.113. The number of benzene rings is 2. The number of ether oxygens (including phenoxy) is 1. The van der Waals surface area contributed by atoms with Gasteiger partial charge in [0, 0.05) is 10.2 Å². The minimum atomic E-state index is -0.297. The number of halogens is 1. The number of hydrogen-bond acceptors (Lipinski definition) is 10. The molecule has 192 valence electrons. The number of nitrogens with one attached hydrogen (secondary N) is 2. The third-order valence-electron chi connectivity index (χ3n) is 4.80. The standard InChI is InChI=1S/C23H22BrN7O3S3/c1-3-35-23-30-28-21(37-23)26-19(32)13-36-22-29-27-18(31(22)15-10-8-14(24)9-11-15)12-25-20(33)16-6-4-5-7-17(16)34-2/h4-11H,3,12-13H2,1-2H3,(H,25,33)(H,26,28,32). The second-order valence-electron chi connectivity index (χ2n) is 7.24. The minimum absolute atomic E-state index is 0.0953. The predicted molar refractivity (Wildman–Crippen MR) is 149 cm³/mol. The van der Waals surface area contributed by atoms with Gasteiger partial charge in [0.1, 0.15) is 5.75 Å². The first-order valence-corrected chi connectivity index (χ1v) is 14.6. The zero-order chi connectivity index (χ0) is 26.2. The van der Waals surface area contributed by atoms with Gasteiger partial charge >= 0.3 is 0 Å². The van der Waals surface area contributed by atoms with E-state index in [1.54, 1.807) is 36.0 Å². The maximum atomic E-state index is 12.8. The molecular formula is C23H22BrN7O3S3. The van der Waals surface area contributed by atoms with Crippen LogP contribution in [0.1, 0.15) is 23.1 Å². The first-order valence-electron chi connectivity index (χ1n) is 11.0. The minimum Gasteiger partial charge on any atom is -0.496 e. The largest absolute Gasteiger partial charge is 0.496 e. The number of aromatic nitrogens is 5. The molecular weight excluding hydrogens is 598 g/mol. The summed E-state index contributed by atoms with van der Waals surface area (Å²) in [6, 6.07) is 14.6. The van der Waals surface area contributed by atoms with Crippen LogP contribution in [-0.2, 0) is 11.3 Å². The maximum Gasteiger partial charge on any atom is 0.255 e. The van der Waals surface area contributed by atoms with E-state index in [9.17, 15) is 9.59 Å². The molecule has 0 saturated carbocycles. The molecule has 0 unspecified atom stereocenters. The maximum absolute atomic E-state index is 12.8. The van der Waals surface area contributed by atoms with Gasteiger partial charge in [-0.25, -0.2) is 0 Å². The smallest absolute Gasteiger partial charge is 0.255 e. The molecule has 37 heavy (non-hydrogen) atoms. The third kappa shape index (κ3) is 7.09. The highest BCUT2D eigenvalue weighted by Crippen LogP contribution is 2.27. The molecule has 14 heteroatoms. The number of carbonyl (C=O) groups is 2. The van der Waals surface area contributed by atoms with Gasteiger partial charge in [0.05, 0.1) is 25.0 Å². The summed E-state index contributed by atoms with van der Waals surface area (Å²) in [7, 11) is 1.52. The summed E-state index contributed by atoms with van der Waals surface area (Å²) in [5.41, 5.74) is 1.21. The first-order chi connectivity index (χ1) is 18.0. The van der Waals surface area contributed by atoms with Gasteiger partial charge in [0.25, 0.3) is 5.91 Å². The average molecular weight is 621 g/mol. The number of hydrogen-bond donors (Lipinski definition) is 2. The number of carbonyl (C=O) groups excluding carboxylic acids is 2. The van der Waals surface area contributed by atoms with Crippen LogP contribution in [0.15, 0.2) is 62.5 Å². The monoisotopic (exact) mass is 619 g/mol. The van der Waals surface area contributed by atoms with Gasteiger partial charge in [-0.3, -0.25) is 19.5 Å². The van der Waals surface area contributed by atoms with Gasteiger partial charge in [-0.15, -0.1) is 20.4 Å². The van der Waals surface area contributed by atoms with Gasteiger partial charge in [0.15, 0.2) is 15.3 Å². The summed E-state index contributed by atoms with van der Waals surface area (Å²) in [6.45, 7) is 2.15. The summed E-state index contributed by atoms with van der Waals surface area (Å²) >= 11 is 7.59. The van der Waals surface area contributed by atoms with Crippen molar-refractivity contribution in [1.29, 1.82) is 0 Å². The number of thioether (sulfide) groups is 2. The molecule has 0 spiro atoms. The first kappa shape index (κ1) is 27.1. The fourth-order valence-corrected chi connectivity index (χ4v) is 5.87. The Morgan fingerprint density at radius 1 is 1.05 bits per heavy atom. The highest BCUT2D eigenvalue weighted by atomic mass is 79.9. The van der Waals surface area contributed by atoms with E-state index < -0.39 is 0 Å². The lowest BCUT2D eigenvalue weighted by atomic mass is 10.2. The fourth-order valence-electron chi connectivity index (χ4n) is 3.17. The molecule has 2 heterocycles. The summed E-state index contributed by atoms with van der Waals surface area (Å²) in [5, 5.41) is 23.2. The quantitative estimate of drug-likeness (QED) is 0.182. The fraction of sp³-hybridized carbons (Fsp3) is 0.217. The molecule has 0 saturated heterocycles. The van der Waals surface area contributed by atoms with Gasteiger partial charge in [-0.05, 0) is 42.2 Å². The van der Waals surface area contributed by atoms with Crippen molar-refractivity contribution in [3.63, 3.8) is 0 Å². The van der Waals surface area contributed by atoms with E-state index in [0.29, 0.717) is 27.4 Å². The normalized spacial score (nSPS) is 10.8. The van der Waals surface area contributed by atoms with Crippen molar-refractivity contribution in [2.24, 2.45) is 0 Å². The van der Waals surface area contributed by atoms with Gasteiger partial charge in [-0.1, -0.05) is 69.8 Å². The van der Waals surface area contributed by atoms with Crippen molar-refractivity contribution >= 4 is 67.7 Å². The summed E-state index contributed by atoms with van der Waals surface area (Å²) in [6.07, 6.45) is 0. The van der Waals surface area contributed by atoms with Gasteiger partial charge < -0.3 is 10.1 Å². The van der Waals surface area contributed by atoms with E-state index in [1.165, 1.54) is 30.2 Å². The molecule has 0 fully saturated rings. The van der Waals surface area contributed by atoms with Crippen LogP contribution in [0.4, 0.5) is 5.13 Å². The Bertz CT molecular complexity index is 1380. The molecule has 10 nitrogen and oxygen atoms in total. The van der Waals surface area contributed by atoms with E-state index in [4.69, 9.17) is 4.74 Å². The molecule has 0 atom stereocenters. The van der Waals surface area contributed by atoms with Crippen LogP contribution in [0.25, 0.3) is 5.69 Å². The molecule has 2 N–H and O–H groups in total. The number of methoxy groups -OCH3 is 1. The van der Waals surface area contributed by atoms with Crippen molar-refractivity contribution in [3.8, 4) is 11.4 Å². The Kier molecular flexibility index (Phi) is 9.55. The van der Waals surface area contributed by atoms with Crippen LogP contribution in [0.5, 0.6) is 5.75 Å². The number of nitrogens with zero attached hydrogens (tertiary/aromatic N) is 5. The SMILES string of the molecule is CCSc1nnc(NC(=O)CSc2nnc(CNC(=O)c3ccccc3OC)n2-c2ccc(Br)cc2)s1. The van der Waals surface area contributed by atoms with Gasteiger partial charge in [-0.2, -0.15) is 0 Å². The van der Waals surface area contributed by atoms with E-state index in [1.807, 2.05) is 35.8 Å². The summed E-state index contributed by atoms with van der Waals surface area (Å²) in [4.78, 5) is 25.4. The number of amides is 2. The van der Waals surface area contributed by atoms with E-state index in [-0.39, 0.29) is 24.1 Å². The zero-order valence-corrected chi connectivity index (χ0v) is 23.8. The number of rotatable bonds is 11. The Hall–Kier alpha value is -2.94. The molecule has 0 aliphatic rings. The predicted octanol–water partition coefficient (Wildman–Crippen LogP) is 4.66. The number of anilines is 1. The van der Waals surface area contributed by atoms with E-state index in [2.05, 4.69) is 47.0 Å². The van der Waals surface area contributed by atoms with Crippen LogP contribution in [0.2, 0.25) is 0 Å². The molecule has 0 bridgehead atoms. The highest BCUT2D eigenvalue weighted by Gasteiger charge is 2.19. The van der Waals surface area contributed by atoms with Crippen LogP contribution < -0.4 is 15.4 Å². The van der Waals surface area contributed by atoms with Crippen LogP contribution >= 0.6 is 50.8 Å². The Morgan fingerprint density at radius 3 is 2.59 bits per heavy atom. The second-order valence-corrected chi connectivity index (χ2v) is 11.6. The molecule has 4 rings (SSSR count). The Morgan fingerprint density at radius 2 is 1.84 bits per heavy atom. The van der Waals surface area contributed by atoms with Crippen LogP contribution in [0.3, 0.4) is 0 Å². The second kappa shape index (κ2) is 13.0. The van der Waals surface area contributed by atoms with Crippen molar-refractivity contribution in [1.82, 2.24) is 30.3 Å². The Balaban J connectivity index is 1.48. The van der Waals surface area contributed by atoms with Crippen molar-refractivity contribution in [2.75, 3.05) is 23.9 Å². The lowest BCUT2D eigenvalue weighted by Gasteiger charge is -2.12. The van der Waals surface area contributed by atoms with E-state index in [0.717, 1.165) is 20.3 Å². The summed E-state index contributed by atoms with van der Waals surface area (Å²) < 4.78 is 8.83. The molecule has 4 aromatic rings.